The smallest absolute Gasteiger partial charge is 0.332 e. The van der Waals surface area contributed by atoms with Crippen molar-refractivity contribution in [2.24, 2.45) is 0 Å². The zero-order valence-corrected chi connectivity index (χ0v) is 10.6. The Balaban J connectivity index is 2.42. The summed E-state index contributed by atoms with van der Waals surface area (Å²) >= 11 is 0. The highest BCUT2D eigenvalue weighted by Gasteiger charge is 2.15. The van der Waals surface area contributed by atoms with Gasteiger partial charge in [-0.1, -0.05) is 0 Å². The van der Waals surface area contributed by atoms with Gasteiger partial charge >= 0.3 is 5.97 Å². The van der Waals surface area contributed by atoms with Gasteiger partial charge in [-0.05, 0) is 31.2 Å². The lowest BCUT2D eigenvalue weighted by Gasteiger charge is -2.14. The van der Waals surface area contributed by atoms with E-state index in [1.807, 2.05) is 5.48 Å². The molecule has 0 saturated carbocycles. The maximum Gasteiger partial charge on any atom is 0.332 e. The van der Waals surface area contributed by atoms with Crippen LogP contribution < -0.4 is 15.0 Å². The molecular weight excluding hydrogens is 254 g/mol. The number of rotatable bonds is 7. The van der Waals surface area contributed by atoms with E-state index in [4.69, 9.17) is 14.6 Å². The maximum atomic E-state index is 11.5. The van der Waals surface area contributed by atoms with E-state index in [0.29, 0.717) is 11.5 Å². The molecule has 0 heterocycles. The largest absolute Gasteiger partial charge is 0.497 e. The molecule has 1 atom stereocenters. The lowest BCUT2D eigenvalue weighted by Crippen LogP contribution is -2.37. The number of hydrogen-bond donors (Lipinski definition) is 2. The highest BCUT2D eigenvalue weighted by molar-refractivity contribution is 5.80. The summed E-state index contributed by atoms with van der Waals surface area (Å²) in [4.78, 5) is 26.1. The molecule has 0 spiro atoms. The van der Waals surface area contributed by atoms with Crippen molar-refractivity contribution >= 4 is 11.9 Å². The van der Waals surface area contributed by atoms with Crippen LogP contribution in [0.2, 0.25) is 0 Å². The molecule has 2 N–H and O–H groups in total. The van der Waals surface area contributed by atoms with Crippen molar-refractivity contribution in [3.05, 3.63) is 24.3 Å². The van der Waals surface area contributed by atoms with Gasteiger partial charge in [-0.3, -0.25) is 9.63 Å². The predicted molar refractivity (Wildman–Crippen MR) is 64.8 cm³/mol. The summed E-state index contributed by atoms with van der Waals surface area (Å²) in [7, 11) is 1.55. The number of ether oxygens (including phenoxy) is 2. The molecule has 1 unspecified atom stereocenters. The van der Waals surface area contributed by atoms with E-state index in [1.165, 1.54) is 6.92 Å². The van der Waals surface area contributed by atoms with Gasteiger partial charge in [0.25, 0.3) is 5.91 Å². The van der Waals surface area contributed by atoms with E-state index < -0.39 is 24.6 Å². The number of carboxylic acids is 1. The molecule has 1 rings (SSSR count). The molecule has 0 saturated heterocycles. The molecule has 0 aliphatic carbocycles. The SMILES string of the molecule is COc1ccc(OC(C)C(=O)NOCC(=O)O)cc1. The van der Waals surface area contributed by atoms with Gasteiger partial charge in [0.05, 0.1) is 7.11 Å². The molecule has 104 valence electrons. The summed E-state index contributed by atoms with van der Waals surface area (Å²) in [5.41, 5.74) is 1.99. The summed E-state index contributed by atoms with van der Waals surface area (Å²) in [5, 5.41) is 8.33. The third-order valence-corrected chi connectivity index (χ3v) is 2.11. The second-order valence-corrected chi connectivity index (χ2v) is 3.58. The first-order valence-electron chi connectivity index (χ1n) is 5.47. The highest BCUT2D eigenvalue weighted by Crippen LogP contribution is 2.18. The Morgan fingerprint density at radius 1 is 1.26 bits per heavy atom. The number of carbonyl (C=O) groups excluding carboxylic acids is 1. The number of carbonyl (C=O) groups is 2. The molecule has 0 aliphatic heterocycles. The van der Waals surface area contributed by atoms with Crippen LogP contribution in [0.4, 0.5) is 0 Å². The topological polar surface area (TPSA) is 94.1 Å². The Hall–Kier alpha value is -2.28. The van der Waals surface area contributed by atoms with Crippen molar-refractivity contribution in [3.63, 3.8) is 0 Å². The van der Waals surface area contributed by atoms with E-state index in [9.17, 15) is 9.59 Å². The van der Waals surface area contributed by atoms with Crippen molar-refractivity contribution in [2.75, 3.05) is 13.7 Å². The Morgan fingerprint density at radius 3 is 2.37 bits per heavy atom. The minimum Gasteiger partial charge on any atom is -0.497 e. The zero-order valence-electron chi connectivity index (χ0n) is 10.6. The lowest BCUT2D eigenvalue weighted by molar-refractivity contribution is -0.151. The molecule has 0 bridgehead atoms. The molecule has 0 aliphatic rings. The number of hydrogen-bond acceptors (Lipinski definition) is 5. The van der Waals surface area contributed by atoms with Crippen molar-refractivity contribution in [1.29, 1.82) is 0 Å². The van der Waals surface area contributed by atoms with E-state index >= 15 is 0 Å². The fourth-order valence-electron chi connectivity index (χ4n) is 1.16. The molecule has 1 amide bonds. The van der Waals surface area contributed by atoms with Gasteiger partial charge in [-0.15, -0.1) is 0 Å². The molecule has 19 heavy (non-hydrogen) atoms. The van der Waals surface area contributed by atoms with Gasteiger partial charge < -0.3 is 14.6 Å². The Bertz CT molecular complexity index is 430. The number of methoxy groups -OCH3 is 1. The monoisotopic (exact) mass is 269 g/mol. The normalized spacial score (nSPS) is 11.5. The number of hydroxylamine groups is 1. The summed E-state index contributed by atoms with van der Waals surface area (Å²) in [6.07, 6.45) is -0.817. The number of aliphatic carboxylic acids is 1. The van der Waals surface area contributed by atoms with Gasteiger partial charge in [-0.2, -0.15) is 0 Å². The Labute approximate surface area is 110 Å². The highest BCUT2D eigenvalue weighted by atomic mass is 16.7. The van der Waals surface area contributed by atoms with E-state index in [-0.39, 0.29) is 0 Å². The molecule has 7 nitrogen and oxygen atoms in total. The first-order valence-corrected chi connectivity index (χ1v) is 5.47. The van der Waals surface area contributed by atoms with Gasteiger partial charge in [-0.25, -0.2) is 10.3 Å². The molecule has 0 fully saturated rings. The van der Waals surface area contributed by atoms with Crippen LogP contribution in [0, 0.1) is 0 Å². The molecule has 0 radical (unpaired) electrons. The first-order chi connectivity index (χ1) is 9.02. The minimum atomic E-state index is -1.18. The third-order valence-electron chi connectivity index (χ3n) is 2.11. The molecule has 1 aromatic rings. The molecule has 1 aromatic carbocycles. The van der Waals surface area contributed by atoms with Gasteiger partial charge in [0, 0.05) is 0 Å². The van der Waals surface area contributed by atoms with Crippen molar-refractivity contribution in [2.45, 2.75) is 13.0 Å². The van der Waals surface area contributed by atoms with E-state index in [2.05, 4.69) is 4.84 Å². The predicted octanol–water partition coefficient (Wildman–Crippen LogP) is 0.595. The van der Waals surface area contributed by atoms with Crippen LogP contribution in [0.25, 0.3) is 0 Å². The number of carboxylic acid groups (broad SMARTS) is 1. The van der Waals surface area contributed by atoms with E-state index in [1.54, 1.807) is 31.4 Å². The van der Waals surface area contributed by atoms with Gasteiger partial charge in [0.1, 0.15) is 11.5 Å². The fraction of sp³-hybridized carbons (Fsp3) is 0.333. The zero-order chi connectivity index (χ0) is 14.3. The summed E-state index contributed by atoms with van der Waals surface area (Å²) < 4.78 is 10.3. The van der Waals surface area contributed by atoms with Crippen molar-refractivity contribution < 1.29 is 29.0 Å². The van der Waals surface area contributed by atoms with Crippen LogP contribution >= 0.6 is 0 Å². The second-order valence-electron chi connectivity index (χ2n) is 3.58. The van der Waals surface area contributed by atoms with Gasteiger partial charge in [0.2, 0.25) is 0 Å². The van der Waals surface area contributed by atoms with Crippen LogP contribution in [0.3, 0.4) is 0 Å². The summed E-state index contributed by atoms with van der Waals surface area (Å²) in [6, 6.07) is 6.70. The van der Waals surface area contributed by atoms with Crippen LogP contribution in [0.15, 0.2) is 24.3 Å². The molecule has 7 heteroatoms. The molecule has 0 aromatic heterocycles. The van der Waals surface area contributed by atoms with Gasteiger partial charge in [0.15, 0.2) is 12.7 Å². The van der Waals surface area contributed by atoms with Crippen LogP contribution in [0.5, 0.6) is 11.5 Å². The quantitative estimate of drug-likeness (QED) is 0.704. The summed E-state index contributed by atoms with van der Waals surface area (Å²) in [6.45, 7) is 0.907. The van der Waals surface area contributed by atoms with E-state index in [0.717, 1.165) is 0 Å². The number of amides is 1. The van der Waals surface area contributed by atoms with Crippen LogP contribution in [-0.2, 0) is 14.4 Å². The maximum absolute atomic E-state index is 11.5. The number of nitrogens with one attached hydrogen (secondary N) is 1. The van der Waals surface area contributed by atoms with Crippen molar-refractivity contribution in [3.8, 4) is 11.5 Å². The van der Waals surface area contributed by atoms with Crippen molar-refractivity contribution in [1.82, 2.24) is 5.48 Å². The second kappa shape index (κ2) is 7.22. The first kappa shape index (κ1) is 14.8. The average molecular weight is 269 g/mol. The number of benzene rings is 1. The lowest BCUT2D eigenvalue weighted by atomic mass is 10.3. The minimum absolute atomic E-state index is 0.488. The average Bonchev–Trinajstić information content (AvgIpc) is 2.39. The third kappa shape index (κ3) is 5.26. The fourth-order valence-corrected chi connectivity index (χ4v) is 1.16. The Morgan fingerprint density at radius 2 is 1.84 bits per heavy atom. The van der Waals surface area contributed by atoms with Crippen LogP contribution in [0.1, 0.15) is 6.92 Å². The van der Waals surface area contributed by atoms with Crippen LogP contribution in [-0.4, -0.2) is 36.8 Å². The standard InChI is InChI=1S/C12H15NO6/c1-8(12(16)13-18-7-11(14)15)19-10-5-3-9(17-2)4-6-10/h3-6,8H,7H2,1-2H3,(H,13,16)(H,14,15). The molecular formula is C12H15NO6. The summed E-state index contributed by atoms with van der Waals surface area (Å²) in [5.74, 6) is -0.586. The Kier molecular flexibility index (Phi) is 5.62.